The van der Waals surface area contributed by atoms with Crippen LogP contribution in [0.3, 0.4) is 0 Å². The molecular formula is C13H17F3N2O. The van der Waals surface area contributed by atoms with E-state index in [2.05, 4.69) is 0 Å². The van der Waals surface area contributed by atoms with E-state index in [9.17, 15) is 13.2 Å². The van der Waals surface area contributed by atoms with Crippen LogP contribution in [0.5, 0.6) is 5.75 Å². The summed E-state index contributed by atoms with van der Waals surface area (Å²) in [5.41, 5.74) is 7.68. The lowest BCUT2D eigenvalue weighted by Crippen LogP contribution is -2.44. The van der Waals surface area contributed by atoms with Gasteiger partial charge in [-0.2, -0.15) is 13.2 Å². The van der Waals surface area contributed by atoms with Gasteiger partial charge >= 0.3 is 6.18 Å². The number of halogens is 3. The number of ether oxygens (including phenoxy) is 1. The van der Waals surface area contributed by atoms with E-state index in [1.54, 1.807) is 32.2 Å². The molecule has 1 aromatic carbocycles. The maximum atomic E-state index is 12.5. The number of fused-ring (bicyclic) bond motifs is 1. The molecule has 1 aromatic rings. The van der Waals surface area contributed by atoms with Crippen LogP contribution in [0.1, 0.15) is 30.1 Å². The number of methoxy groups -OCH3 is 1. The molecule has 19 heavy (non-hydrogen) atoms. The first kappa shape index (κ1) is 14.1. The predicted molar refractivity (Wildman–Crippen MR) is 66.0 cm³/mol. The molecule has 0 radical (unpaired) electrons. The fourth-order valence-corrected chi connectivity index (χ4v) is 2.52. The standard InChI is InChI=1S/C13H17F3N2O/c1-8-10-4-3-9(19-2)5-11(10)12(17)6-18(8)7-13(14,15)16/h3-5,8,12H,6-7,17H2,1-2H3. The molecule has 1 heterocycles. The van der Waals surface area contributed by atoms with E-state index in [0.29, 0.717) is 5.75 Å². The number of benzene rings is 1. The van der Waals surface area contributed by atoms with Gasteiger partial charge in [-0.25, -0.2) is 0 Å². The summed E-state index contributed by atoms with van der Waals surface area (Å²) in [5.74, 6) is 0.672. The summed E-state index contributed by atoms with van der Waals surface area (Å²) >= 11 is 0. The molecule has 0 aromatic heterocycles. The van der Waals surface area contributed by atoms with Crippen LogP contribution in [-0.4, -0.2) is 31.3 Å². The highest BCUT2D eigenvalue weighted by atomic mass is 19.4. The minimum Gasteiger partial charge on any atom is -0.497 e. The molecule has 2 unspecified atom stereocenters. The largest absolute Gasteiger partial charge is 0.497 e. The van der Waals surface area contributed by atoms with E-state index in [-0.39, 0.29) is 12.6 Å². The van der Waals surface area contributed by atoms with Crippen LogP contribution in [-0.2, 0) is 0 Å². The highest BCUT2D eigenvalue weighted by Crippen LogP contribution is 2.37. The van der Waals surface area contributed by atoms with Gasteiger partial charge in [0, 0.05) is 18.6 Å². The van der Waals surface area contributed by atoms with Crippen molar-refractivity contribution in [2.45, 2.75) is 25.2 Å². The van der Waals surface area contributed by atoms with Gasteiger partial charge in [-0.3, -0.25) is 4.90 Å². The van der Waals surface area contributed by atoms with Gasteiger partial charge in [0.15, 0.2) is 0 Å². The fourth-order valence-electron chi connectivity index (χ4n) is 2.52. The molecule has 0 fully saturated rings. The molecular weight excluding hydrogens is 257 g/mol. The Labute approximate surface area is 110 Å². The highest BCUT2D eigenvalue weighted by molar-refractivity contribution is 5.41. The Hall–Kier alpha value is -1.27. The first-order valence-electron chi connectivity index (χ1n) is 6.06. The van der Waals surface area contributed by atoms with Crippen LogP contribution in [0.4, 0.5) is 13.2 Å². The minimum atomic E-state index is -4.21. The van der Waals surface area contributed by atoms with Gasteiger partial charge in [-0.15, -0.1) is 0 Å². The van der Waals surface area contributed by atoms with Crippen LogP contribution in [0.25, 0.3) is 0 Å². The number of hydrogen-bond acceptors (Lipinski definition) is 3. The third-order valence-electron chi connectivity index (χ3n) is 3.50. The molecule has 0 aliphatic carbocycles. The second-order valence-electron chi connectivity index (χ2n) is 4.82. The molecule has 0 saturated heterocycles. The molecule has 2 rings (SSSR count). The van der Waals surface area contributed by atoms with Crippen molar-refractivity contribution in [1.82, 2.24) is 4.90 Å². The van der Waals surface area contributed by atoms with Crippen LogP contribution >= 0.6 is 0 Å². The topological polar surface area (TPSA) is 38.5 Å². The molecule has 1 aliphatic rings. The Morgan fingerprint density at radius 3 is 2.63 bits per heavy atom. The van der Waals surface area contributed by atoms with Gasteiger partial charge in [0.25, 0.3) is 0 Å². The van der Waals surface area contributed by atoms with E-state index >= 15 is 0 Å². The highest BCUT2D eigenvalue weighted by Gasteiger charge is 2.37. The van der Waals surface area contributed by atoms with E-state index in [1.807, 2.05) is 0 Å². The SMILES string of the molecule is COc1ccc2c(c1)C(N)CN(CC(F)(F)F)C2C. The minimum absolute atomic E-state index is 0.195. The van der Waals surface area contributed by atoms with Crippen molar-refractivity contribution in [3.8, 4) is 5.75 Å². The number of hydrogen-bond donors (Lipinski definition) is 1. The summed E-state index contributed by atoms with van der Waals surface area (Å²) in [5, 5.41) is 0. The van der Waals surface area contributed by atoms with E-state index in [0.717, 1.165) is 11.1 Å². The Morgan fingerprint density at radius 1 is 1.37 bits per heavy atom. The van der Waals surface area contributed by atoms with Crippen LogP contribution in [0.15, 0.2) is 18.2 Å². The Morgan fingerprint density at radius 2 is 2.05 bits per heavy atom. The molecule has 0 spiro atoms. The summed E-state index contributed by atoms with van der Waals surface area (Å²) in [6.07, 6.45) is -4.21. The maximum absolute atomic E-state index is 12.5. The lowest BCUT2D eigenvalue weighted by molar-refractivity contribution is -0.152. The lowest BCUT2D eigenvalue weighted by Gasteiger charge is -2.38. The van der Waals surface area contributed by atoms with E-state index in [1.165, 1.54) is 4.90 Å². The normalized spacial score (nSPS) is 24.1. The number of rotatable bonds is 2. The molecule has 106 valence electrons. The summed E-state index contributed by atoms with van der Waals surface area (Å²) in [6, 6.07) is 4.62. The Balaban J connectivity index is 2.30. The van der Waals surface area contributed by atoms with Gasteiger partial charge < -0.3 is 10.5 Å². The number of nitrogens with two attached hydrogens (primary N) is 1. The van der Waals surface area contributed by atoms with Gasteiger partial charge in [0.2, 0.25) is 0 Å². The van der Waals surface area contributed by atoms with Gasteiger partial charge in [0.05, 0.1) is 13.7 Å². The summed E-state index contributed by atoms with van der Waals surface area (Å²) in [6.45, 7) is 1.02. The third-order valence-corrected chi connectivity index (χ3v) is 3.50. The smallest absolute Gasteiger partial charge is 0.401 e. The molecule has 0 saturated carbocycles. The fraction of sp³-hybridized carbons (Fsp3) is 0.538. The monoisotopic (exact) mass is 274 g/mol. The van der Waals surface area contributed by atoms with E-state index < -0.39 is 18.8 Å². The van der Waals surface area contributed by atoms with E-state index in [4.69, 9.17) is 10.5 Å². The summed E-state index contributed by atoms with van der Waals surface area (Å²) in [4.78, 5) is 1.36. The molecule has 6 heteroatoms. The molecule has 0 amide bonds. The molecule has 0 bridgehead atoms. The van der Waals surface area contributed by atoms with Gasteiger partial charge in [-0.1, -0.05) is 6.07 Å². The average Bonchev–Trinajstić information content (AvgIpc) is 2.33. The summed E-state index contributed by atoms with van der Waals surface area (Å²) in [7, 11) is 1.55. The molecule has 1 aliphatic heterocycles. The second kappa shape index (κ2) is 5.02. The first-order chi connectivity index (χ1) is 8.81. The zero-order chi connectivity index (χ0) is 14.2. The van der Waals surface area contributed by atoms with Crippen molar-refractivity contribution in [2.75, 3.05) is 20.2 Å². The zero-order valence-electron chi connectivity index (χ0n) is 10.9. The third kappa shape index (κ3) is 3.01. The Bertz CT molecular complexity index is 462. The van der Waals surface area contributed by atoms with Gasteiger partial charge in [-0.05, 0) is 30.2 Å². The molecule has 2 N–H and O–H groups in total. The molecule has 3 nitrogen and oxygen atoms in total. The Kier molecular flexibility index (Phi) is 3.73. The maximum Gasteiger partial charge on any atom is 0.401 e. The van der Waals surface area contributed by atoms with Crippen LogP contribution in [0.2, 0.25) is 0 Å². The quantitative estimate of drug-likeness (QED) is 0.901. The molecule has 2 atom stereocenters. The summed E-state index contributed by atoms with van der Waals surface area (Å²) < 4.78 is 42.7. The van der Waals surface area contributed by atoms with Crippen molar-refractivity contribution < 1.29 is 17.9 Å². The van der Waals surface area contributed by atoms with Gasteiger partial charge in [0.1, 0.15) is 5.75 Å². The predicted octanol–water partition coefficient (Wildman–Crippen LogP) is 2.63. The lowest BCUT2D eigenvalue weighted by atomic mass is 9.90. The van der Waals surface area contributed by atoms with Crippen LogP contribution in [0, 0.1) is 0 Å². The van der Waals surface area contributed by atoms with Crippen molar-refractivity contribution >= 4 is 0 Å². The number of alkyl halides is 3. The van der Waals surface area contributed by atoms with Crippen molar-refractivity contribution in [2.24, 2.45) is 5.73 Å². The van der Waals surface area contributed by atoms with Crippen molar-refractivity contribution in [3.05, 3.63) is 29.3 Å². The average molecular weight is 274 g/mol. The zero-order valence-corrected chi connectivity index (χ0v) is 10.9. The first-order valence-corrected chi connectivity index (χ1v) is 6.06. The van der Waals surface area contributed by atoms with Crippen LogP contribution < -0.4 is 10.5 Å². The van der Waals surface area contributed by atoms with Crippen molar-refractivity contribution in [3.63, 3.8) is 0 Å². The number of nitrogens with zero attached hydrogens (tertiary/aromatic N) is 1. The second-order valence-corrected chi connectivity index (χ2v) is 4.82. The van der Waals surface area contributed by atoms with Crippen molar-refractivity contribution in [1.29, 1.82) is 0 Å².